The lowest BCUT2D eigenvalue weighted by Gasteiger charge is -2.04. The van der Waals surface area contributed by atoms with E-state index in [0.29, 0.717) is 22.5 Å². The van der Waals surface area contributed by atoms with E-state index in [4.69, 9.17) is 4.74 Å². The first-order chi connectivity index (χ1) is 10.2. The Morgan fingerprint density at radius 3 is 2.62 bits per heavy atom. The highest BCUT2D eigenvalue weighted by Gasteiger charge is 2.10. The Labute approximate surface area is 120 Å². The first-order valence-electron chi connectivity index (χ1n) is 6.39. The molecule has 1 aromatic heterocycles. The minimum absolute atomic E-state index is 0.281. The molecule has 0 aliphatic rings. The maximum absolute atomic E-state index is 13.1. The van der Waals surface area contributed by atoms with Gasteiger partial charge in [-0.25, -0.2) is 4.39 Å². The zero-order valence-electron chi connectivity index (χ0n) is 11.3. The number of benzene rings is 2. The van der Waals surface area contributed by atoms with Crippen molar-refractivity contribution in [3.63, 3.8) is 0 Å². The average molecular weight is 284 g/mol. The second-order valence-corrected chi connectivity index (χ2v) is 4.60. The Bertz CT molecular complexity index is 794. The van der Waals surface area contributed by atoms with E-state index in [-0.39, 0.29) is 11.7 Å². The summed E-state index contributed by atoms with van der Waals surface area (Å²) in [6.45, 7) is 0. The number of ether oxygens (including phenoxy) is 1. The van der Waals surface area contributed by atoms with Crippen molar-refractivity contribution in [2.24, 2.45) is 0 Å². The third-order valence-electron chi connectivity index (χ3n) is 3.18. The maximum atomic E-state index is 13.1. The van der Waals surface area contributed by atoms with Crippen LogP contribution in [0.4, 0.5) is 10.1 Å². The predicted octanol–water partition coefficient (Wildman–Crippen LogP) is 3.57. The minimum Gasteiger partial charge on any atom is -0.497 e. The number of fused-ring (bicyclic) bond motifs is 1. The normalized spacial score (nSPS) is 10.6. The molecule has 3 aromatic rings. The fraction of sp³-hybridized carbons (Fsp3) is 0.0625. The highest BCUT2D eigenvalue weighted by Crippen LogP contribution is 2.19. The number of methoxy groups -OCH3 is 1. The highest BCUT2D eigenvalue weighted by molar-refractivity contribution is 6.05. The lowest BCUT2D eigenvalue weighted by Crippen LogP contribution is -2.12. The van der Waals surface area contributed by atoms with Gasteiger partial charge in [0.05, 0.1) is 7.11 Å². The van der Waals surface area contributed by atoms with E-state index >= 15 is 0 Å². The summed E-state index contributed by atoms with van der Waals surface area (Å²) in [7, 11) is 1.58. The number of anilines is 1. The number of hydrogen-bond donors (Lipinski definition) is 2. The molecule has 0 spiro atoms. The summed E-state index contributed by atoms with van der Waals surface area (Å²) in [6, 6.07) is 13.0. The minimum atomic E-state index is -0.330. The molecule has 0 saturated carbocycles. The quantitative estimate of drug-likeness (QED) is 0.772. The number of aromatic amines is 1. The Hall–Kier alpha value is -2.82. The smallest absolute Gasteiger partial charge is 0.272 e. The fourth-order valence-corrected chi connectivity index (χ4v) is 2.10. The van der Waals surface area contributed by atoms with Gasteiger partial charge < -0.3 is 15.0 Å². The molecule has 0 aliphatic carbocycles. The molecule has 0 radical (unpaired) electrons. The zero-order chi connectivity index (χ0) is 14.8. The lowest BCUT2D eigenvalue weighted by molar-refractivity contribution is 0.102. The monoisotopic (exact) mass is 284 g/mol. The van der Waals surface area contributed by atoms with E-state index in [9.17, 15) is 9.18 Å². The third-order valence-corrected chi connectivity index (χ3v) is 3.18. The van der Waals surface area contributed by atoms with Gasteiger partial charge in [-0.1, -0.05) is 0 Å². The number of amides is 1. The summed E-state index contributed by atoms with van der Waals surface area (Å²) in [5.74, 6) is 0.106. The SMILES string of the molecule is COc1ccc(NC(=O)c2cc3cc(F)ccc3[nH]2)cc1. The summed E-state index contributed by atoms with van der Waals surface area (Å²) in [4.78, 5) is 15.1. The number of aromatic nitrogens is 1. The molecule has 1 amide bonds. The number of carbonyl (C=O) groups excluding carboxylic acids is 1. The van der Waals surface area contributed by atoms with Gasteiger partial charge in [0.15, 0.2) is 0 Å². The molecule has 2 aromatic carbocycles. The van der Waals surface area contributed by atoms with Crippen LogP contribution in [0.15, 0.2) is 48.5 Å². The second kappa shape index (κ2) is 5.28. The maximum Gasteiger partial charge on any atom is 0.272 e. The summed E-state index contributed by atoms with van der Waals surface area (Å²) in [6.07, 6.45) is 0. The number of hydrogen-bond acceptors (Lipinski definition) is 2. The number of rotatable bonds is 3. The summed E-state index contributed by atoms with van der Waals surface area (Å²) in [5, 5.41) is 3.43. The van der Waals surface area contributed by atoms with Crippen LogP contribution in [0.3, 0.4) is 0 Å². The number of H-pyrrole nitrogens is 1. The molecule has 0 bridgehead atoms. The van der Waals surface area contributed by atoms with Crippen molar-refractivity contribution in [1.29, 1.82) is 0 Å². The Kier molecular flexibility index (Phi) is 3.31. The van der Waals surface area contributed by atoms with Gasteiger partial charge in [-0.2, -0.15) is 0 Å². The topological polar surface area (TPSA) is 54.1 Å². The van der Waals surface area contributed by atoms with E-state index < -0.39 is 0 Å². The Morgan fingerprint density at radius 1 is 1.14 bits per heavy atom. The van der Waals surface area contributed by atoms with E-state index in [1.807, 2.05) is 0 Å². The molecule has 0 fully saturated rings. The van der Waals surface area contributed by atoms with Gasteiger partial charge in [0, 0.05) is 16.6 Å². The predicted molar refractivity (Wildman–Crippen MR) is 79.2 cm³/mol. The number of halogens is 1. The molecular weight excluding hydrogens is 271 g/mol. The van der Waals surface area contributed by atoms with Gasteiger partial charge in [-0.05, 0) is 48.5 Å². The number of nitrogens with one attached hydrogen (secondary N) is 2. The van der Waals surface area contributed by atoms with Gasteiger partial charge in [-0.15, -0.1) is 0 Å². The van der Waals surface area contributed by atoms with Crippen molar-refractivity contribution in [3.05, 3.63) is 60.0 Å². The van der Waals surface area contributed by atoms with Crippen LogP contribution < -0.4 is 10.1 Å². The first-order valence-corrected chi connectivity index (χ1v) is 6.39. The zero-order valence-corrected chi connectivity index (χ0v) is 11.3. The van der Waals surface area contributed by atoms with Crippen LogP contribution in [0.2, 0.25) is 0 Å². The molecule has 4 nitrogen and oxygen atoms in total. The molecule has 21 heavy (non-hydrogen) atoms. The summed E-state index contributed by atoms with van der Waals surface area (Å²) < 4.78 is 18.2. The summed E-state index contributed by atoms with van der Waals surface area (Å²) >= 11 is 0. The second-order valence-electron chi connectivity index (χ2n) is 4.60. The molecule has 3 rings (SSSR count). The molecule has 5 heteroatoms. The molecule has 106 valence electrons. The van der Waals surface area contributed by atoms with Crippen LogP contribution in [0.5, 0.6) is 5.75 Å². The van der Waals surface area contributed by atoms with Crippen LogP contribution >= 0.6 is 0 Å². The molecule has 0 saturated heterocycles. The standard InChI is InChI=1S/C16H13FN2O2/c1-21-13-5-3-12(4-6-13)18-16(20)15-9-10-8-11(17)2-7-14(10)19-15/h2-9,19H,1H3,(H,18,20). The summed E-state index contributed by atoms with van der Waals surface area (Å²) in [5.41, 5.74) is 1.76. The highest BCUT2D eigenvalue weighted by atomic mass is 19.1. The van der Waals surface area contributed by atoms with Gasteiger partial charge in [0.25, 0.3) is 5.91 Å². The lowest BCUT2D eigenvalue weighted by atomic mass is 10.2. The molecule has 1 heterocycles. The average Bonchev–Trinajstić information content (AvgIpc) is 2.91. The van der Waals surface area contributed by atoms with E-state index in [1.54, 1.807) is 43.5 Å². The van der Waals surface area contributed by atoms with Crippen LogP contribution in [0.25, 0.3) is 10.9 Å². The van der Waals surface area contributed by atoms with Crippen LogP contribution in [0, 0.1) is 5.82 Å². The van der Waals surface area contributed by atoms with Crippen LogP contribution in [-0.2, 0) is 0 Å². The molecule has 0 atom stereocenters. The van der Waals surface area contributed by atoms with Crippen molar-refractivity contribution in [2.45, 2.75) is 0 Å². The van der Waals surface area contributed by atoms with Crippen molar-refractivity contribution < 1.29 is 13.9 Å². The molecular formula is C16H13FN2O2. The first kappa shape index (κ1) is 13.2. The Morgan fingerprint density at radius 2 is 1.90 bits per heavy atom. The van der Waals surface area contributed by atoms with Crippen molar-refractivity contribution >= 4 is 22.5 Å². The molecule has 2 N–H and O–H groups in total. The largest absolute Gasteiger partial charge is 0.497 e. The number of carbonyl (C=O) groups is 1. The molecule has 0 aliphatic heterocycles. The van der Waals surface area contributed by atoms with E-state index in [2.05, 4.69) is 10.3 Å². The van der Waals surface area contributed by atoms with Gasteiger partial charge >= 0.3 is 0 Å². The molecule has 0 unspecified atom stereocenters. The van der Waals surface area contributed by atoms with Crippen LogP contribution in [-0.4, -0.2) is 18.0 Å². The fourth-order valence-electron chi connectivity index (χ4n) is 2.10. The third kappa shape index (κ3) is 2.72. The van der Waals surface area contributed by atoms with Gasteiger partial charge in [0.1, 0.15) is 17.3 Å². The van der Waals surface area contributed by atoms with Crippen molar-refractivity contribution in [3.8, 4) is 5.75 Å². The van der Waals surface area contributed by atoms with E-state index in [1.165, 1.54) is 12.1 Å². The van der Waals surface area contributed by atoms with Crippen LogP contribution in [0.1, 0.15) is 10.5 Å². The Balaban J connectivity index is 1.82. The van der Waals surface area contributed by atoms with E-state index in [0.717, 1.165) is 5.52 Å². The van der Waals surface area contributed by atoms with Gasteiger partial charge in [-0.3, -0.25) is 4.79 Å². The van der Waals surface area contributed by atoms with Crippen molar-refractivity contribution in [1.82, 2.24) is 4.98 Å². The van der Waals surface area contributed by atoms with Crippen molar-refractivity contribution in [2.75, 3.05) is 12.4 Å². The van der Waals surface area contributed by atoms with Gasteiger partial charge in [0.2, 0.25) is 0 Å².